The second kappa shape index (κ2) is 18.2. The zero-order chi connectivity index (χ0) is 18.8. The van der Waals surface area contributed by atoms with Crippen molar-refractivity contribution in [2.75, 3.05) is 26.7 Å². The van der Waals surface area contributed by atoms with Gasteiger partial charge in [-0.2, -0.15) is 0 Å². The zero-order valence-electron chi connectivity index (χ0n) is 17.2. The molecule has 0 spiro atoms. The van der Waals surface area contributed by atoms with Crippen LogP contribution in [0.1, 0.15) is 97.3 Å². The van der Waals surface area contributed by atoms with Gasteiger partial charge in [-0.3, -0.25) is 4.79 Å². The number of likely N-dealkylation sites (N-methyl/N-ethyl adjacent to an activating group) is 1. The lowest BCUT2D eigenvalue weighted by atomic mass is 10.1. The van der Waals surface area contributed by atoms with E-state index in [4.69, 9.17) is 5.11 Å². The maximum atomic E-state index is 10.6. The Labute approximate surface area is 156 Å². The zero-order valence-corrected chi connectivity index (χ0v) is 17.2. The highest BCUT2D eigenvalue weighted by atomic mass is 16.4. The minimum Gasteiger partial charge on any atom is -0.481 e. The molecule has 0 rings (SSSR count). The van der Waals surface area contributed by atoms with Gasteiger partial charge in [-0.15, -0.1) is 0 Å². The standard InChI is InChI=1S/C21H44N2O2/c1-4-5-6-7-8-9-10-11-12-13-14-15-17-22-19-20(2)23(3)18-16-21(24)25/h20,22H,4-19H2,1-3H3,(H,24,25). The van der Waals surface area contributed by atoms with Crippen LogP contribution in [0.25, 0.3) is 0 Å². The summed E-state index contributed by atoms with van der Waals surface area (Å²) in [5, 5.41) is 12.2. The lowest BCUT2D eigenvalue weighted by Crippen LogP contribution is -2.39. The molecular formula is C21H44N2O2. The molecule has 4 nitrogen and oxygen atoms in total. The molecule has 0 aromatic rings. The van der Waals surface area contributed by atoms with Crippen LogP contribution in [0.3, 0.4) is 0 Å². The number of aliphatic carboxylic acids is 1. The van der Waals surface area contributed by atoms with Crippen molar-refractivity contribution in [2.45, 2.75) is 103 Å². The number of carbonyl (C=O) groups is 1. The molecule has 25 heavy (non-hydrogen) atoms. The van der Waals surface area contributed by atoms with Crippen molar-refractivity contribution in [1.29, 1.82) is 0 Å². The predicted octanol–water partition coefficient (Wildman–Crippen LogP) is 5.07. The Morgan fingerprint density at radius 3 is 1.88 bits per heavy atom. The lowest BCUT2D eigenvalue weighted by molar-refractivity contribution is -0.137. The van der Waals surface area contributed by atoms with E-state index < -0.39 is 5.97 Å². The van der Waals surface area contributed by atoms with Gasteiger partial charge in [0.15, 0.2) is 0 Å². The van der Waals surface area contributed by atoms with Gasteiger partial charge in [-0.05, 0) is 26.9 Å². The molecular weight excluding hydrogens is 312 g/mol. The molecule has 0 aliphatic heterocycles. The number of carboxylic acids is 1. The number of hydrogen-bond acceptors (Lipinski definition) is 3. The van der Waals surface area contributed by atoms with E-state index in [2.05, 4.69) is 24.1 Å². The SMILES string of the molecule is CCCCCCCCCCCCCCNCC(C)N(C)CCC(=O)O. The van der Waals surface area contributed by atoms with E-state index in [9.17, 15) is 4.79 Å². The van der Waals surface area contributed by atoms with Gasteiger partial charge in [-0.1, -0.05) is 77.6 Å². The molecule has 0 amide bonds. The van der Waals surface area contributed by atoms with Crippen LogP contribution in [-0.2, 0) is 4.79 Å². The van der Waals surface area contributed by atoms with Crippen LogP contribution in [0.2, 0.25) is 0 Å². The molecule has 150 valence electrons. The van der Waals surface area contributed by atoms with Crippen LogP contribution in [0, 0.1) is 0 Å². The number of hydrogen-bond donors (Lipinski definition) is 2. The molecule has 0 saturated heterocycles. The predicted molar refractivity (Wildman–Crippen MR) is 108 cm³/mol. The second-order valence-corrected chi connectivity index (χ2v) is 7.57. The van der Waals surface area contributed by atoms with Gasteiger partial charge in [0, 0.05) is 19.1 Å². The van der Waals surface area contributed by atoms with Crippen LogP contribution in [-0.4, -0.2) is 48.7 Å². The van der Waals surface area contributed by atoms with Crippen LogP contribution >= 0.6 is 0 Å². The van der Waals surface area contributed by atoms with E-state index in [-0.39, 0.29) is 6.42 Å². The van der Waals surface area contributed by atoms with Crippen molar-refractivity contribution in [1.82, 2.24) is 10.2 Å². The molecule has 2 N–H and O–H groups in total. The van der Waals surface area contributed by atoms with Crippen molar-refractivity contribution >= 4 is 5.97 Å². The Kier molecular flexibility index (Phi) is 17.7. The molecule has 0 aromatic carbocycles. The average molecular weight is 357 g/mol. The highest BCUT2D eigenvalue weighted by Gasteiger charge is 2.09. The maximum Gasteiger partial charge on any atom is 0.304 e. The van der Waals surface area contributed by atoms with Crippen LogP contribution in [0.15, 0.2) is 0 Å². The van der Waals surface area contributed by atoms with Gasteiger partial charge in [0.1, 0.15) is 0 Å². The van der Waals surface area contributed by atoms with Gasteiger partial charge >= 0.3 is 5.97 Å². The van der Waals surface area contributed by atoms with Crippen LogP contribution in [0.4, 0.5) is 0 Å². The van der Waals surface area contributed by atoms with E-state index in [1.54, 1.807) is 0 Å². The summed E-state index contributed by atoms with van der Waals surface area (Å²) >= 11 is 0. The first-order valence-electron chi connectivity index (χ1n) is 10.7. The molecule has 4 heteroatoms. The normalized spacial score (nSPS) is 12.6. The molecule has 0 bridgehead atoms. The first kappa shape index (κ1) is 24.4. The summed E-state index contributed by atoms with van der Waals surface area (Å²) in [5.74, 6) is -0.719. The van der Waals surface area contributed by atoms with Crippen molar-refractivity contribution in [3.05, 3.63) is 0 Å². The van der Waals surface area contributed by atoms with Gasteiger partial charge in [0.25, 0.3) is 0 Å². The van der Waals surface area contributed by atoms with Crippen molar-refractivity contribution in [3.63, 3.8) is 0 Å². The topological polar surface area (TPSA) is 52.6 Å². The molecule has 1 unspecified atom stereocenters. The first-order chi connectivity index (χ1) is 12.1. The molecule has 0 aliphatic rings. The average Bonchev–Trinajstić information content (AvgIpc) is 2.59. The quantitative estimate of drug-likeness (QED) is 0.317. The van der Waals surface area contributed by atoms with Gasteiger partial charge in [0.05, 0.1) is 6.42 Å². The Hall–Kier alpha value is -0.610. The highest BCUT2D eigenvalue weighted by Crippen LogP contribution is 2.11. The third kappa shape index (κ3) is 18.0. The minimum absolute atomic E-state index is 0.222. The lowest BCUT2D eigenvalue weighted by Gasteiger charge is -2.24. The minimum atomic E-state index is -0.719. The fraction of sp³-hybridized carbons (Fsp3) is 0.952. The number of unbranched alkanes of at least 4 members (excludes halogenated alkanes) is 11. The van der Waals surface area contributed by atoms with Gasteiger partial charge in [0.2, 0.25) is 0 Å². The molecule has 0 aromatic heterocycles. The first-order valence-corrected chi connectivity index (χ1v) is 10.7. The number of carboxylic acid groups (broad SMARTS) is 1. The van der Waals surface area contributed by atoms with E-state index in [0.29, 0.717) is 12.6 Å². The molecule has 0 aliphatic carbocycles. The summed E-state index contributed by atoms with van der Waals surface area (Å²) in [4.78, 5) is 12.7. The second-order valence-electron chi connectivity index (χ2n) is 7.57. The Bertz CT molecular complexity index is 298. The smallest absolute Gasteiger partial charge is 0.304 e. The third-order valence-corrected chi connectivity index (χ3v) is 5.08. The molecule has 0 heterocycles. The molecule has 0 saturated carbocycles. The van der Waals surface area contributed by atoms with E-state index in [1.165, 1.54) is 77.0 Å². The Morgan fingerprint density at radius 2 is 1.40 bits per heavy atom. The summed E-state index contributed by atoms with van der Waals surface area (Å²) < 4.78 is 0. The molecule has 0 radical (unpaired) electrons. The highest BCUT2D eigenvalue weighted by molar-refractivity contribution is 5.66. The summed E-state index contributed by atoms with van der Waals surface area (Å²) in [7, 11) is 2.00. The fourth-order valence-corrected chi connectivity index (χ4v) is 3.05. The summed E-state index contributed by atoms with van der Waals surface area (Å²) in [6.45, 7) is 7.06. The van der Waals surface area contributed by atoms with E-state index in [1.807, 2.05) is 7.05 Å². The largest absolute Gasteiger partial charge is 0.481 e. The van der Waals surface area contributed by atoms with Gasteiger partial charge in [-0.25, -0.2) is 0 Å². The maximum absolute atomic E-state index is 10.6. The summed E-state index contributed by atoms with van der Waals surface area (Å²) in [5.41, 5.74) is 0. The number of nitrogens with zero attached hydrogens (tertiary/aromatic N) is 1. The molecule has 1 atom stereocenters. The van der Waals surface area contributed by atoms with Crippen molar-refractivity contribution in [3.8, 4) is 0 Å². The number of rotatable bonds is 19. The monoisotopic (exact) mass is 356 g/mol. The molecule has 0 fully saturated rings. The number of nitrogens with one attached hydrogen (secondary N) is 1. The van der Waals surface area contributed by atoms with Crippen molar-refractivity contribution < 1.29 is 9.90 Å². The summed E-state index contributed by atoms with van der Waals surface area (Å²) in [6, 6.07) is 0.386. The van der Waals surface area contributed by atoms with Crippen LogP contribution < -0.4 is 5.32 Å². The van der Waals surface area contributed by atoms with E-state index in [0.717, 1.165) is 13.1 Å². The third-order valence-electron chi connectivity index (χ3n) is 5.08. The Morgan fingerprint density at radius 1 is 0.920 bits per heavy atom. The Balaban J connectivity index is 3.24. The van der Waals surface area contributed by atoms with Crippen LogP contribution in [0.5, 0.6) is 0 Å². The van der Waals surface area contributed by atoms with Gasteiger partial charge < -0.3 is 15.3 Å². The van der Waals surface area contributed by atoms with E-state index >= 15 is 0 Å². The fourth-order valence-electron chi connectivity index (χ4n) is 3.05. The summed E-state index contributed by atoms with van der Waals surface area (Å²) in [6.07, 6.45) is 16.9. The van der Waals surface area contributed by atoms with Crippen molar-refractivity contribution in [2.24, 2.45) is 0 Å².